The normalized spacial score (nSPS) is 13.3. The van der Waals surface area contributed by atoms with Crippen molar-refractivity contribution in [3.05, 3.63) is 0 Å². The SMILES string of the molecule is CCNC(C)CC(=O)C(CC)CC. The summed E-state index contributed by atoms with van der Waals surface area (Å²) in [5.41, 5.74) is 0. The zero-order chi connectivity index (χ0) is 10.3. The van der Waals surface area contributed by atoms with Crippen molar-refractivity contribution < 1.29 is 4.79 Å². The molecule has 1 N–H and O–H groups in total. The number of hydrogen-bond acceptors (Lipinski definition) is 2. The summed E-state index contributed by atoms with van der Waals surface area (Å²) in [5, 5.41) is 3.26. The van der Waals surface area contributed by atoms with Gasteiger partial charge in [-0.25, -0.2) is 0 Å². The lowest BCUT2D eigenvalue weighted by atomic mass is 9.94. The van der Waals surface area contributed by atoms with E-state index >= 15 is 0 Å². The van der Waals surface area contributed by atoms with Crippen LogP contribution in [0.1, 0.15) is 47.0 Å². The van der Waals surface area contributed by atoms with E-state index in [4.69, 9.17) is 0 Å². The van der Waals surface area contributed by atoms with E-state index in [9.17, 15) is 4.79 Å². The van der Waals surface area contributed by atoms with Gasteiger partial charge in [0.1, 0.15) is 5.78 Å². The van der Waals surface area contributed by atoms with Crippen molar-refractivity contribution in [1.82, 2.24) is 5.32 Å². The third-order valence-electron chi connectivity index (χ3n) is 2.50. The minimum Gasteiger partial charge on any atom is -0.314 e. The Bertz CT molecular complexity index is 141. The maximum atomic E-state index is 11.7. The van der Waals surface area contributed by atoms with Crippen LogP contribution in [0.25, 0.3) is 0 Å². The fourth-order valence-electron chi connectivity index (χ4n) is 1.63. The Labute approximate surface area is 82.1 Å². The number of rotatable bonds is 7. The number of nitrogens with one attached hydrogen (secondary N) is 1. The fourth-order valence-corrected chi connectivity index (χ4v) is 1.63. The summed E-state index contributed by atoms with van der Waals surface area (Å²) in [6.45, 7) is 9.26. The highest BCUT2D eigenvalue weighted by Gasteiger charge is 2.16. The molecule has 0 aliphatic carbocycles. The Balaban J connectivity index is 3.83. The molecular formula is C11H23NO. The van der Waals surface area contributed by atoms with Crippen molar-refractivity contribution >= 4 is 5.78 Å². The molecule has 0 heterocycles. The summed E-state index contributed by atoms with van der Waals surface area (Å²) >= 11 is 0. The van der Waals surface area contributed by atoms with Crippen molar-refractivity contribution in [2.24, 2.45) is 5.92 Å². The van der Waals surface area contributed by atoms with Gasteiger partial charge >= 0.3 is 0 Å². The van der Waals surface area contributed by atoms with Crippen LogP contribution in [0.3, 0.4) is 0 Å². The Kier molecular flexibility index (Phi) is 6.87. The van der Waals surface area contributed by atoms with Crippen LogP contribution < -0.4 is 5.32 Å². The van der Waals surface area contributed by atoms with Crippen molar-refractivity contribution in [2.45, 2.75) is 53.0 Å². The quantitative estimate of drug-likeness (QED) is 0.660. The first-order valence-corrected chi connectivity index (χ1v) is 5.41. The van der Waals surface area contributed by atoms with Crippen molar-refractivity contribution in [3.63, 3.8) is 0 Å². The smallest absolute Gasteiger partial charge is 0.137 e. The summed E-state index contributed by atoms with van der Waals surface area (Å²) in [6, 6.07) is 0.332. The van der Waals surface area contributed by atoms with Gasteiger partial charge in [0.05, 0.1) is 0 Å². The molecule has 78 valence electrons. The number of hydrogen-bond donors (Lipinski definition) is 1. The number of Topliss-reactive ketones (excluding diaryl/α,β-unsaturated/α-hetero) is 1. The lowest BCUT2D eigenvalue weighted by Crippen LogP contribution is -2.30. The van der Waals surface area contributed by atoms with Crippen LogP contribution in [-0.2, 0) is 4.79 Å². The number of ketones is 1. The van der Waals surface area contributed by atoms with Gasteiger partial charge in [0.25, 0.3) is 0 Å². The molecule has 0 spiro atoms. The van der Waals surface area contributed by atoms with Crippen molar-refractivity contribution in [2.75, 3.05) is 6.54 Å². The lowest BCUT2D eigenvalue weighted by Gasteiger charge is -2.15. The molecule has 2 heteroatoms. The first-order valence-electron chi connectivity index (χ1n) is 5.41. The maximum absolute atomic E-state index is 11.7. The number of carbonyl (C=O) groups excluding carboxylic acids is 1. The molecule has 0 aromatic heterocycles. The van der Waals surface area contributed by atoms with Crippen LogP contribution in [0.2, 0.25) is 0 Å². The van der Waals surface area contributed by atoms with Crippen molar-refractivity contribution in [3.8, 4) is 0 Å². The average Bonchev–Trinajstić information content (AvgIpc) is 2.06. The Morgan fingerprint density at radius 3 is 2.15 bits per heavy atom. The average molecular weight is 185 g/mol. The molecule has 0 aromatic rings. The summed E-state index contributed by atoms with van der Waals surface area (Å²) in [7, 11) is 0. The van der Waals surface area contributed by atoms with Crippen LogP contribution in [-0.4, -0.2) is 18.4 Å². The second-order valence-corrected chi connectivity index (χ2v) is 3.64. The molecule has 0 fully saturated rings. The predicted molar refractivity (Wildman–Crippen MR) is 56.8 cm³/mol. The van der Waals surface area contributed by atoms with Crippen LogP contribution in [0.5, 0.6) is 0 Å². The molecule has 0 radical (unpaired) electrons. The molecule has 13 heavy (non-hydrogen) atoms. The second-order valence-electron chi connectivity index (χ2n) is 3.64. The zero-order valence-corrected chi connectivity index (χ0v) is 9.39. The molecule has 0 amide bonds. The molecule has 1 unspecified atom stereocenters. The van der Waals surface area contributed by atoms with E-state index in [1.54, 1.807) is 0 Å². The van der Waals surface area contributed by atoms with Gasteiger partial charge < -0.3 is 5.32 Å². The third-order valence-corrected chi connectivity index (χ3v) is 2.50. The van der Waals surface area contributed by atoms with Gasteiger partial charge in [-0.1, -0.05) is 20.8 Å². The van der Waals surface area contributed by atoms with Crippen LogP contribution in [0.4, 0.5) is 0 Å². The summed E-state index contributed by atoms with van der Waals surface area (Å²) in [5.74, 6) is 0.694. The van der Waals surface area contributed by atoms with Gasteiger partial charge in [0.15, 0.2) is 0 Å². The molecule has 0 saturated carbocycles. The molecule has 0 aliphatic rings. The van der Waals surface area contributed by atoms with Gasteiger partial charge in [-0.2, -0.15) is 0 Å². The van der Waals surface area contributed by atoms with E-state index in [1.165, 1.54) is 0 Å². The fraction of sp³-hybridized carbons (Fsp3) is 0.909. The molecule has 1 atom stereocenters. The predicted octanol–water partition coefficient (Wildman–Crippen LogP) is 2.38. The van der Waals surface area contributed by atoms with Crippen molar-refractivity contribution in [1.29, 1.82) is 0 Å². The summed E-state index contributed by atoms with van der Waals surface area (Å²) in [4.78, 5) is 11.7. The van der Waals surface area contributed by atoms with E-state index < -0.39 is 0 Å². The minimum atomic E-state index is 0.279. The van der Waals surface area contributed by atoms with Gasteiger partial charge in [-0.15, -0.1) is 0 Å². The molecule has 0 rings (SSSR count). The summed E-state index contributed by atoms with van der Waals surface area (Å²) in [6.07, 6.45) is 2.64. The van der Waals surface area contributed by atoms with Gasteiger partial charge in [0, 0.05) is 18.4 Å². The minimum absolute atomic E-state index is 0.279. The zero-order valence-electron chi connectivity index (χ0n) is 9.39. The van der Waals surface area contributed by atoms with Gasteiger partial charge in [-0.3, -0.25) is 4.79 Å². The van der Waals surface area contributed by atoms with Gasteiger partial charge in [0.2, 0.25) is 0 Å². The van der Waals surface area contributed by atoms with E-state index in [-0.39, 0.29) is 5.92 Å². The van der Waals surface area contributed by atoms with Crippen LogP contribution >= 0.6 is 0 Å². The molecular weight excluding hydrogens is 162 g/mol. The molecule has 0 aromatic carbocycles. The maximum Gasteiger partial charge on any atom is 0.137 e. The molecule has 2 nitrogen and oxygen atoms in total. The van der Waals surface area contributed by atoms with Gasteiger partial charge in [-0.05, 0) is 26.3 Å². The van der Waals surface area contributed by atoms with E-state index in [1.807, 2.05) is 0 Å². The second kappa shape index (κ2) is 7.07. The Morgan fingerprint density at radius 2 is 1.77 bits per heavy atom. The monoisotopic (exact) mass is 185 g/mol. The van der Waals surface area contributed by atoms with E-state index in [2.05, 4.69) is 33.0 Å². The highest BCUT2D eigenvalue weighted by Crippen LogP contribution is 2.12. The Hall–Kier alpha value is -0.370. The largest absolute Gasteiger partial charge is 0.314 e. The highest BCUT2D eigenvalue weighted by molar-refractivity contribution is 5.81. The van der Waals surface area contributed by atoms with Crippen LogP contribution in [0, 0.1) is 5.92 Å². The third kappa shape index (κ3) is 5.04. The standard InChI is InChI=1S/C11H23NO/c1-5-10(6-2)11(13)8-9(4)12-7-3/h9-10,12H,5-8H2,1-4H3. The first-order chi connectivity index (χ1) is 6.15. The highest BCUT2D eigenvalue weighted by atomic mass is 16.1. The van der Waals surface area contributed by atoms with E-state index in [0.717, 1.165) is 19.4 Å². The molecule has 0 aliphatic heterocycles. The molecule has 0 bridgehead atoms. The molecule has 0 saturated heterocycles. The lowest BCUT2D eigenvalue weighted by molar-refractivity contribution is -0.123. The topological polar surface area (TPSA) is 29.1 Å². The van der Waals surface area contributed by atoms with E-state index in [0.29, 0.717) is 18.2 Å². The summed E-state index contributed by atoms with van der Waals surface area (Å²) < 4.78 is 0. The number of carbonyl (C=O) groups is 1. The Morgan fingerprint density at radius 1 is 1.23 bits per heavy atom. The first kappa shape index (κ1) is 12.6. The van der Waals surface area contributed by atoms with Crippen LogP contribution in [0.15, 0.2) is 0 Å².